The van der Waals surface area contributed by atoms with Gasteiger partial charge in [0.15, 0.2) is 0 Å². The molecule has 1 fully saturated rings. The molecule has 39 heavy (non-hydrogen) atoms. The van der Waals surface area contributed by atoms with E-state index in [4.69, 9.17) is 9.47 Å². The minimum absolute atomic E-state index is 0.364. The molecule has 5 aromatic rings. The van der Waals surface area contributed by atoms with Crippen LogP contribution in [0.4, 0.5) is 4.79 Å². The Morgan fingerprint density at radius 1 is 0.795 bits per heavy atom. The van der Waals surface area contributed by atoms with E-state index in [1.807, 2.05) is 109 Å². The van der Waals surface area contributed by atoms with Gasteiger partial charge in [-0.2, -0.15) is 0 Å². The molecule has 1 N–H and O–H groups in total. The Labute approximate surface area is 229 Å². The molecule has 2 amide bonds. The zero-order valence-electron chi connectivity index (χ0n) is 20.9. The van der Waals surface area contributed by atoms with Gasteiger partial charge in [0.25, 0.3) is 11.1 Å². The fourth-order valence-corrected chi connectivity index (χ4v) is 5.21. The number of hydrogen-bond donors (Lipinski definition) is 1. The van der Waals surface area contributed by atoms with Crippen molar-refractivity contribution in [2.24, 2.45) is 0 Å². The fraction of sp³-hybridized carbons (Fsp3) is 0.0625. The van der Waals surface area contributed by atoms with Crippen molar-refractivity contribution >= 4 is 39.9 Å². The lowest BCUT2D eigenvalue weighted by Gasteiger charge is -2.13. The van der Waals surface area contributed by atoms with Gasteiger partial charge in [0, 0.05) is 23.7 Å². The molecule has 6 rings (SSSR count). The van der Waals surface area contributed by atoms with Crippen LogP contribution in [0.5, 0.6) is 17.2 Å². The van der Waals surface area contributed by atoms with E-state index >= 15 is 0 Å². The summed E-state index contributed by atoms with van der Waals surface area (Å²) in [5.74, 6) is 1.87. The van der Waals surface area contributed by atoms with E-state index in [0.717, 1.165) is 56.6 Å². The molecule has 0 saturated carbocycles. The molecule has 4 aromatic carbocycles. The fourth-order valence-electron chi connectivity index (χ4n) is 4.54. The maximum atomic E-state index is 12.3. The molecule has 0 atom stereocenters. The SMILES string of the molecule is O=C1NC(=O)/C(=C\c2cn(Cc3cccc(Oc4ccccc4)c3)c3c(OCc4ccccc4)cccc23)S1. The summed E-state index contributed by atoms with van der Waals surface area (Å²) in [6.45, 7) is 0.977. The molecule has 7 heteroatoms. The molecule has 1 aliphatic heterocycles. The van der Waals surface area contributed by atoms with E-state index in [0.29, 0.717) is 18.1 Å². The number of thioether (sulfide) groups is 1. The maximum Gasteiger partial charge on any atom is 0.290 e. The Morgan fingerprint density at radius 2 is 1.51 bits per heavy atom. The monoisotopic (exact) mass is 532 g/mol. The zero-order valence-corrected chi connectivity index (χ0v) is 21.7. The molecule has 1 aliphatic rings. The van der Waals surface area contributed by atoms with Crippen LogP contribution in [0.25, 0.3) is 17.0 Å². The predicted molar refractivity (Wildman–Crippen MR) is 154 cm³/mol. The molecule has 2 heterocycles. The van der Waals surface area contributed by atoms with Gasteiger partial charge in [-0.15, -0.1) is 0 Å². The first-order valence-corrected chi connectivity index (χ1v) is 13.3. The number of para-hydroxylation sites is 2. The maximum absolute atomic E-state index is 12.3. The number of nitrogens with one attached hydrogen (secondary N) is 1. The van der Waals surface area contributed by atoms with Crippen molar-refractivity contribution in [2.75, 3.05) is 0 Å². The van der Waals surface area contributed by atoms with Gasteiger partial charge >= 0.3 is 0 Å². The van der Waals surface area contributed by atoms with E-state index in [-0.39, 0.29) is 11.1 Å². The number of hydrogen-bond acceptors (Lipinski definition) is 5. The minimum Gasteiger partial charge on any atom is -0.487 e. The molecule has 0 radical (unpaired) electrons. The Kier molecular flexibility index (Phi) is 6.89. The predicted octanol–water partition coefficient (Wildman–Crippen LogP) is 7.38. The van der Waals surface area contributed by atoms with Crippen LogP contribution < -0.4 is 14.8 Å². The molecule has 0 aliphatic carbocycles. The summed E-state index contributed by atoms with van der Waals surface area (Å²) in [5, 5.41) is 2.89. The van der Waals surface area contributed by atoms with E-state index < -0.39 is 0 Å². The van der Waals surface area contributed by atoms with E-state index in [1.165, 1.54) is 0 Å². The van der Waals surface area contributed by atoms with E-state index in [1.54, 1.807) is 6.08 Å². The number of amides is 2. The lowest BCUT2D eigenvalue weighted by molar-refractivity contribution is -0.115. The Hall–Kier alpha value is -4.75. The Morgan fingerprint density at radius 3 is 2.28 bits per heavy atom. The van der Waals surface area contributed by atoms with E-state index in [9.17, 15) is 9.59 Å². The average Bonchev–Trinajstić information content (AvgIpc) is 3.47. The highest BCUT2D eigenvalue weighted by atomic mass is 32.2. The lowest BCUT2D eigenvalue weighted by atomic mass is 10.1. The van der Waals surface area contributed by atoms with Crippen LogP contribution in [0.1, 0.15) is 16.7 Å². The van der Waals surface area contributed by atoms with Gasteiger partial charge in [-0.05, 0) is 59.3 Å². The highest BCUT2D eigenvalue weighted by Crippen LogP contribution is 2.35. The normalized spacial score (nSPS) is 14.1. The first-order valence-electron chi connectivity index (χ1n) is 12.5. The summed E-state index contributed by atoms with van der Waals surface area (Å²) < 4.78 is 14.5. The average molecular weight is 533 g/mol. The van der Waals surface area contributed by atoms with Crippen molar-refractivity contribution in [3.8, 4) is 17.2 Å². The number of benzene rings is 4. The van der Waals surface area contributed by atoms with Crippen LogP contribution >= 0.6 is 11.8 Å². The Balaban J connectivity index is 1.37. The summed E-state index contributed by atoms with van der Waals surface area (Å²) in [5.41, 5.74) is 3.85. The van der Waals surface area contributed by atoms with Crippen molar-refractivity contribution in [3.05, 3.63) is 131 Å². The van der Waals surface area contributed by atoms with Crippen LogP contribution in [0.3, 0.4) is 0 Å². The van der Waals surface area contributed by atoms with Gasteiger partial charge in [-0.1, -0.05) is 72.8 Å². The third kappa shape index (κ3) is 5.58. The quantitative estimate of drug-likeness (QED) is 0.211. The van der Waals surface area contributed by atoms with Crippen LogP contribution in [0.2, 0.25) is 0 Å². The number of carbonyl (C=O) groups is 2. The third-order valence-corrected chi connectivity index (χ3v) is 7.10. The summed E-state index contributed by atoms with van der Waals surface area (Å²) in [4.78, 5) is 24.4. The largest absolute Gasteiger partial charge is 0.487 e. The van der Waals surface area contributed by atoms with Crippen molar-refractivity contribution < 1.29 is 19.1 Å². The number of ether oxygens (including phenoxy) is 2. The molecular formula is C32H24N2O4S. The number of imide groups is 1. The number of aromatic nitrogens is 1. The molecule has 0 unspecified atom stereocenters. The number of nitrogens with zero attached hydrogens (tertiary/aromatic N) is 1. The van der Waals surface area contributed by atoms with Crippen LogP contribution in [0, 0.1) is 0 Å². The Bertz CT molecular complexity index is 1690. The summed E-state index contributed by atoms with van der Waals surface area (Å²) in [6, 6.07) is 33.6. The second kappa shape index (κ2) is 10.9. The minimum atomic E-state index is -0.381. The van der Waals surface area contributed by atoms with Crippen molar-refractivity contribution in [1.29, 1.82) is 0 Å². The number of fused-ring (bicyclic) bond motifs is 1. The van der Waals surface area contributed by atoms with Gasteiger partial charge in [-0.25, -0.2) is 0 Å². The third-order valence-electron chi connectivity index (χ3n) is 6.29. The van der Waals surface area contributed by atoms with Gasteiger partial charge in [0.05, 0.1) is 10.4 Å². The van der Waals surface area contributed by atoms with Crippen LogP contribution in [-0.4, -0.2) is 15.7 Å². The molecule has 1 saturated heterocycles. The van der Waals surface area contributed by atoms with Gasteiger partial charge in [0.1, 0.15) is 23.9 Å². The van der Waals surface area contributed by atoms with E-state index in [2.05, 4.69) is 9.88 Å². The molecular weight excluding hydrogens is 508 g/mol. The molecule has 0 bridgehead atoms. The van der Waals surface area contributed by atoms with Gasteiger partial charge in [-0.3, -0.25) is 14.9 Å². The standard InChI is InChI=1S/C32H24N2O4S/c35-31-29(39-32(36)33-31)18-24-20-34(19-23-11-7-14-26(17-23)38-25-12-5-2-6-13-25)30-27(24)15-8-16-28(30)37-21-22-9-3-1-4-10-22/h1-18,20H,19,21H2,(H,33,35,36)/b29-18+. The van der Waals surface area contributed by atoms with Gasteiger partial charge < -0.3 is 14.0 Å². The summed E-state index contributed by atoms with van der Waals surface area (Å²) >= 11 is 0.909. The van der Waals surface area contributed by atoms with Crippen molar-refractivity contribution in [1.82, 2.24) is 9.88 Å². The number of rotatable bonds is 8. The molecule has 6 nitrogen and oxygen atoms in total. The second-order valence-corrected chi connectivity index (χ2v) is 10.1. The first kappa shape index (κ1) is 24.6. The molecule has 1 aromatic heterocycles. The van der Waals surface area contributed by atoms with Crippen molar-refractivity contribution in [2.45, 2.75) is 13.2 Å². The highest BCUT2D eigenvalue weighted by molar-refractivity contribution is 8.18. The second-order valence-electron chi connectivity index (χ2n) is 9.05. The van der Waals surface area contributed by atoms with Crippen LogP contribution in [-0.2, 0) is 17.9 Å². The summed E-state index contributed by atoms with van der Waals surface area (Å²) in [7, 11) is 0. The van der Waals surface area contributed by atoms with Crippen molar-refractivity contribution in [3.63, 3.8) is 0 Å². The smallest absolute Gasteiger partial charge is 0.290 e. The van der Waals surface area contributed by atoms with Gasteiger partial charge in [0.2, 0.25) is 0 Å². The van der Waals surface area contributed by atoms with Crippen LogP contribution in [0.15, 0.2) is 114 Å². The molecule has 0 spiro atoms. The zero-order chi connectivity index (χ0) is 26.6. The first-order chi connectivity index (χ1) is 19.1. The highest BCUT2D eigenvalue weighted by Gasteiger charge is 2.26. The molecule has 192 valence electrons. The summed E-state index contributed by atoms with van der Waals surface area (Å²) in [6.07, 6.45) is 3.76. The number of carbonyl (C=O) groups excluding carboxylic acids is 2. The lowest BCUT2D eigenvalue weighted by Crippen LogP contribution is -2.17. The topological polar surface area (TPSA) is 69.6 Å².